The molecule has 0 fully saturated rings. The third-order valence-corrected chi connectivity index (χ3v) is 2.89. The second-order valence-corrected chi connectivity index (χ2v) is 3.97. The van der Waals surface area contributed by atoms with Crippen molar-refractivity contribution in [1.82, 2.24) is 10.2 Å². The van der Waals surface area contributed by atoms with E-state index in [2.05, 4.69) is 12.2 Å². The fraction of sp³-hybridized carbons (Fsp3) is 0.500. The molecule has 0 radical (unpaired) electrons. The average Bonchev–Trinajstić information content (AvgIpc) is 2.16. The first-order valence-electron chi connectivity index (χ1n) is 5.13. The van der Waals surface area contributed by atoms with Crippen LogP contribution in [0.4, 0.5) is 4.39 Å². The Bertz CT molecular complexity index is 340. The van der Waals surface area contributed by atoms with Crippen LogP contribution in [0, 0.1) is 0 Å². The Morgan fingerprint density at radius 2 is 2.20 bits per heavy atom. The third-order valence-electron chi connectivity index (χ3n) is 2.89. The summed E-state index contributed by atoms with van der Waals surface area (Å²) in [5, 5.41) is 2.98. The molecule has 1 rings (SSSR count). The van der Waals surface area contributed by atoms with Gasteiger partial charge in [-0.15, -0.1) is 0 Å². The normalized spacial score (nSPS) is 23.1. The number of hydrogen-bond acceptors (Lipinski definition) is 2. The van der Waals surface area contributed by atoms with Gasteiger partial charge >= 0.3 is 0 Å². The summed E-state index contributed by atoms with van der Waals surface area (Å²) in [5.41, 5.74) is 2.88. The van der Waals surface area contributed by atoms with Crippen LogP contribution in [-0.4, -0.2) is 25.0 Å². The van der Waals surface area contributed by atoms with Crippen molar-refractivity contribution in [3.8, 4) is 0 Å². The molecule has 0 saturated carbocycles. The molecule has 0 aromatic carbocycles. The molecule has 1 atom stereocenters. The molecule has 1 N–H and O–H groups in total. The Kier molecular flexibility index (Phi) is 3.56. The van der Waals surface area contributed by atoms with Crippen molar-refractivity contribution >= 4 is 0 Å². The minimum absolute atomic E-state index is 0.144. The SMILES string of the molecule is CN/C=C(/C)C1=C(C)C(F)=CN(C)C1C. The van der Waals surface area contributed by atoms with Gasteiger partial charge in [0.05, 0.1) is 6.04 Å². The molecule has 0 bridgehead atoms. The zero-order valence-electron chi connectivity index (χ0n) is 10.1. The van der Waals surface area contributed by atoms with Crippen LogP contribution in [0.2, 0.25) is 0 Å². The van der Waals surface area contributed by atoms with Gasteiger partial charge in [0.1, 0.15) is 5.83 Å². The van der Waals surface area contributed by atoms with E-state index in [4.69, 9.17) is 0 Å². The van der Waals surface area contributed by atoms with Crippen molar-refractivity contribution in [2.45, 2.75) is 26.8 Å². The van der Waals surface area contributed by atoms with Gasteiger partial charge in [0.15, 0.2) is 0 Å². The van der Waals surface area contributed by atoms with Gasteiger partial charge in [0.25, 0.3) is 0 Å². The van der Waals surface area contributed by atoms with Crippen LogP contribution in [0.5, 0.6) is 0 Å². The number of nitrogens with one attached hydrogen (secondary N) is 1. The molecule has 15 heavy (non-hydrogen) atoms. The van der Waals surface area contributed by atoms with Gasteiger partial charge in [-0.05, 0) is 43.7 Å². The largest absolute Gasteiger partial charge is 0.394 e. The van der Waals surface area contributed by atoms with Crippen LogP contribution in [0.1, 0.15) is 20.8 Å². The molecule has 2 nitrogen and oxygen atoms in total. The highest BCUT2D eigenvalue weighted by Gasteiger charge is 2.23. The standard InChI is InChI=1S/C12H19FN2/c1-8(6-14-4)12-9(2)11(13)7-15(5)10(12)3/h6-7,10,14H,1-5H3/b8-6-. The fourth-order valence-corrected chi connectivity index (χ4v) is 1.95. The molecule has 0 saturated heterocycles. The minimum atomic E-state index is -0.144. The van der Waals surface area contributed by atoms with Gasteiger partial charge in [-0.2, -0.15) is 0 Å². The molecular weight excluding hydrogens is 191 g/mol. The van der Waals surface area contributed by atoms with Crippen molar-refractivity contribution in [1.29, 1.82) is 0 Å². The molecule has 1 unspecified atom stereocenters. The van der Waals surface area contributed by atoms with Crippen molar-refractivity contribution < 1.29 is 4.39 Å². The molecule has 1 heterocycles. The summed E-state index contributed by atoms with van der Waals surface area (Å²) in [6, 6.07) is 0.217. The van der Waals surface area contributed by atoms with E-state index in [0.717, 1.165) is 16.7 Å². The molecule has 0 aromatic rings. The summed E-state index contributed by atoms with van der Waals surface area (Å²) in [5.74, 6) is -0.144. The predicted octanol–water partition coefficient (Wildman–Crippen LogP) is 2.57. The number of hydrogen-bond donors (Lipinski definition) is 1. The molecule has 0 aliphatic carbocycles. The lowest BCUT2D eigenvalue weighted by Crippen LogP contribution is -2.30. The Morgan fingerprint density at radius 1 is 1.60 bits per heavy atom. The Balaban J connectivity index is 3.17. The second kappa shape index (κ2) is 4.51. The van der Waals surface area contributed by atoms with Crippen LogP contribution in [0.15, 0.2) is 34.9 Å². The number of likely N-dealkylation sites (N-methyl/N-ethyl adjacent to an activating group) is 1. The van der Waals surface area contributed by atoms with E-state index in [9.17, 15) is 4.39 Å². The molecule has 0 aromatic heterocycles. The molecule has 1 aliphatic rings. The smallest absolute Gasteiger partial charge is 0.142 e. The molecular formula is C12H19FN2. The Labute approximate surface area is 91.2 Å². The highest BCUT2D eigenvalue weighted by molar-refractivity contribution is 5.45. The maximum absolute atomic E-state index is 13.6. The molecule has 84 valence electrons. The summed E-state index contributed by atoms with van der Waals surface area (Å²) < 4.78 is 13.6. The van der Waals surface area contributed by atoms with Crippen molar-refractivity contribution in [3.05, 3.63) is 34.9 Å². The first-order chi connectivity index (χ1) is 6.99. The van der Waals surface area contributed by atoms with E-state index in [1.807, 2.05) is 39.0 Å². The molecule has 1 aliphatic heterocycles. The summed E-state index contributed by atoms with van der Waals surface area (Å²) in [4.78, 5) is 1.89. The van der Waals surface area contributed by atoms with E-state index in [1.165, 1.54) is 0 Å². The molecule has 3 heteroatoms. The minimum Gasteiger partial charge on any atom is -0.394 e. The lowest BCUT2D eigenvalue weighted by atomic mass is 9.92. The van der Waals surface area contributed by atoms with Crippen LogP contribution in [0.25, 0.3) is 0 Å². The maximum Gasteiger partial charge on any atom is 0.142 e. The topological polar surface area (TPSA) is 15.3 Å². The number of nitrogens with zero attached hydrogens (tertiary/aromatic N) is 1. The van der Waals surface area contributed by atoms with Gasteiger partial charge in [0.2, 0.25) is 0 Å². The van der Waals surface area contributed by atoms with Crippen LogP contribution >= 0.6 is 0 Å². The van der Waals surface area contributed by atoms with Gasteiger partial charge < -0.3 is 10.2 Å². The van der Waals surface area contributed by atoms with Gasteiger partial charge in [-0.3, -0.25) is 0 Å². The second-order valence-electron chi connectivity index (χ2n) is 3.97. The van der Waals surface area contributed by atoms with Gasteiger partial charge in [-0.1, -0.05) is 0 Å². The Morgan fingerprint density at radius 3 is 2.73 bits per heavy atom. The van der Waals surface area contributed by atoms with Gasteiger partial charge in [-0.25, -0.2) is 4.39 Å². The zero-order valence-corrected chi connectivity index (χ0v) is 10.1. The summed E-state index contributed by atoms with van der Waals surface area (Å²) in [6.07, 6.45) is 3.46. The lowest BCUT2D eigenvalue weighted by Gasteiger charge is -2.31. The number of allylic oxidation sites excluding steroid dienone is 2. The van der Waals surface area contributed by atoms with Crippen LogP contribution in [0.3, 0.4) is 0 Å². The highest BCUT2D eigenvalue weighted by atomic mass is 19.1. The lowest BCUT2D eigenvalue weighted by molar-refractivity contribution is 0.368. The van der Waals surface area contributed by atoms with E-state index in [-0.39, 0.29) is 11.9 Å². The van der Waals surface area contributed by atoms with E-state index in [1.54, 1.807) is 6.20 Å². The Hall–Kier alpha value is -1.25. The highest BCUT2D eigenvalue weighted by Crippen LogP contribution is 2.30. The predicted molar refractivity (Wildman–Crippen MR) is 61.9 cm³/mol. The van der Waals surface area contributed by atoms with Crippen LogP contribution < -0.4 is 5.32 Å². The van der Waals surface area contributed by atoms with Crippen LogP contribution in [-0.2, 0) is 0 Å². The van der Waals surface area contributed by atoms with Crippen molar-refractivity contribution in [2.75, 3.05) is 14.1 Å². The monoisotopic (exact) mass is 210 g/mol. The zero-order chi connectivity index (χ0) is 11.6. The summed E-state index contributed by atoms with van der Waals surface area (Å²) in [6.45, 7) is 5.91. The number of rotatable bonds is 2. The first-order valence-corrected chi connectivity index (χ1v) is 5.13. The first kappa shape index (κ1) is 11.8. The maximum atomic E-state index is 13.6. The molecule has 0 spiro atoms. The van der Waals surface area contributed by atoms with E-state index >= 15 is 0 Å². The van der Waals surface area contributed by atoms with E-state index < -0.39 is 0 Å². The van der Waals surface area contributed by atoms with Gasteiger partial charge in [0, 0.05) is 20.3 Å². The summed E-state index contributed by atoms with van der Waals surface area (Å²) >= 11 is 0. The van der Waals surface area contributed by atoms with E-state index in [0.29, 0.717) is 0 Å². The van der Waals surface area contributed by atoms with Crippen molar-refractivity contribution in [2.24, 2.45) is 0 Å². The molecule has 0 amide bonds. The fourth-order valence-electron chi connectivity index (χ4n) is 1.95. The third kappa shape index (κ3) is 2.22. The number of halogens is 1. The quantitative estimate of drug-likeness (QED) is 0.753. The average molecular weight is 210 g/mol. The van der Waals surface area contributed by atoms with Crippen molar-refractivity contribution in [3.63, 3.8) is 0 Å². The summed E-state index contributed by atoms with van der Waals surface area (Å²) in [7, 11) is 3.74.